The first-order chi connectivity index (χ1) is 9.03. The maximum atomic E-state index is 12.1. The minimum absolute atomic E-state index is 0.0480. The van der Waals surface area contributed by atoms with Gasteiger partial charge in [0, 0.05) is 20.3 Å². The number of aromatic nitrogens is 2. The maximum absolute atomic E-state index is 12.1. The van der Waals surface area contributed by atoms with Gasteiger partial charge in [-0.15, -0.1) is 0 Å². The lowest BCUT2D eigenvalue weighted by molar-refractivity contribution is 0.192. The number of sulfonamides is 1. The molecule has 0 unspecified atom stereocenters. The number of rotatable bonds is 9. The summed E-state index contributed by atoms with van der Waals surface area (Å²) in [4.78, 5) is 0.0480. The average molecular weight is 291 g/mol. The fraction of sp³-hybridized carbons (Fsp3) is 0.727. The Bertz CT molecular complexity index is 484. The van der Waals surface area contributed by atoms with Crippen molar-refractivity contribution in [3.63, 3.8) is 0 Å². The van der Waals surface area contributed by atoms with Crippen molar-refractivity contribution in [2.45, 2.75) is 37.7 Å². The Morgan fingerprint density at radius 1 is 1.37 bits per heavy atom. The van der Waals surface area contributed by atoms with Crippen molar-refractivity contribution >= 4 is 10.0 Å². The van der Waals surface area contributed by atoms with Gasteiger partial charge >= 0.3 is 0 Å². The smallest absolute Gasteiger partial charge is 0.244 e. The fourth-order valence-corrected chi connectivity index (χ4v) is 3.19. The molecule has 0 aliphatic heterocycles. The van der Waals surface area contributed by atoms with Gasteiger partial charge in [-0.05, 0) is 26.2 Å². The van der Waals surface area contributed by atoms with Gasteiger partial charge in [-0.3, -0.25) is 5.10 Å². The van der Waals surface area contributed by atoms with Gasteiger partial charge in [-0.2, -0.15) is 5.10 Å². The van der Waals surface area contributed by atoms with Gasteiger partial charge in [0.05, 0.1) is 12.3 Å². The van der Waals surface area contributed by atoms with Crippen LogP contribution in [0.4, 0.5) is 0 Å². The van der Waals surface area contributed by atoms with Crippen molar-refractivity contribution in [3.05, 3.63) is 11.4 Å². The maximum Gasteiger partial charge on any atom is 0.244 e. The third kappa shape index (κ3) is 4.57. The van der Waals surface area contributed by atoms with Crippen LogP contribution in [0.5, 0.6) is 0 Å². The average Bonchev–Trinajstić information content (AvgIpc) is 2.75. The first kappa shape index (κ1) is 16.1. The quantitative estimate of drug-likeness (QED) is 0.568. The van der Waals surface area contributed by atoms with E-state index in [2.05, 4.69) is 14.9 Å². The topological polar surface area (TPSA) is 104 Å². The summed E-state index contributed by atoms with van der Waals surface area (Å²) < 4.78 is 31.6. The Labute approximate surface area is 113 Å². The van der Waals surface area contributed by atoms with Crippen LogP contribution < -0.4 is 4.72 Å². The van der Waals surface area contributed by atoms with Crippen LogP contribution in [0.25, 0.3) is 0 Å². The molecule has 7 nitrogen and oxygen atoms in total. The van der Waals surface area contributed by atoms with Gasteiger partial charge in [0.25, 0.3) is 0 Å². The Morgan fingerprint density at radius 3 is 2.74 bits per heavy atom. The summed E-state index contributed by atoms with van der Waals surface area (Å²) in [6.07, 6.45) is 2.55. The fourth-order valence-electron chi connectivity index (χ4n) is 1.76. The van der Waals surface area contributed by atoms with Crippen LogP contribution in [0.15, 0.2) is 4.90 Å². The number of aliphatic hydroxyl groups excluding tert-OH is 1. The zero-order valence-corrected chi connectivity index (χ0v) is 12.1. The molecule has 0 amide bonds. The minimum Gasteiger partial charge on any atom is -0.390 e. The lowest BCUT2D eigenvalue weighted by Crippen LogP contribution is -2.26. The van der Waals surface area contributed by atoms with E-state index in [9.17, 15) is 8.42 Å². The lowest BCUT2D eigenvalue weighted by Gasteiger charge is -2.07. The number of hydrogen-bond donors (Lipinski definition) is 3. The molecule has 1 aromatic heterocycles. The van der Waals surface area contributed by atoms with Gasteiger partial charge in [0.2, 0.25) is 10.0 Å². The molecule has 19 heavy (non-hydrogen) atoms. The number of H-pyrrole nitrogens is 1. The number of nitrogens with zero attached hydrogens (tertiary/aromatic N) is 1. The number of aliphatic hydroxyl groups is 1. The van der Waals surface area contributed by atoms with Gasteiger partial charge in [0.1, 0.15) is 10.6 Å². The number of unbranched alkanes of at least 4 members (excludes halogenated alkanes) is 2. The van der Waals surface area contributed by atoms with E-state index in [0.717, 1.165) is 19.3 Å². The third-order valence-electron chi connectivity index (χ3n) is 2.70. The summed E-state index contributed by atoms with van der Waals surface area (Å²) in [6, 6.07) is 0. The number of methoxy groups -OCH3 is 1. The molecule has 0 aliphatic carbocycles. The summed E-state index contributed by atoms with van der Waals surface area (Å²) in [5.74, 6) is 0. The van der Waals surface area contributed by atoms with Gasteiger partial charge in [-0.25, -0.2) is 13.1 Å². The van der Waals surface area contributed by atoms with Crippen molar-refractivity contribution in [1.82, 2.24) is 14.9 Å². The number of aryl methyl sites for hydroxylation is 1. The standard InChI is InChI=1S/C11H21N3O4S/c1-9-11(10(8-15)14-13-9)19(16,17)12-6-4-3-5-7-18-2/h12,15H,3-8H2,1-2H3,(H,13,14). The van der Waals surface area contributed by atoms with Gasteiger partial charge < -0.3 is 9.84 Å². The number of ether oxygens (including phenoxy) is 1. The van der Waals surface area contributed by atoms with Gasteiger partial charge in [0.15, 0.2) is 0 Å². The predicted octanol–water partition coefficient (Wildman–Crippen LogP) is 0.305. The molecule has 0 spiro atoms. The van der Waals surface area contributed by atoms with Crippen LogP contribution in [-0.2, 0) is 21.4 Å². The second-order valence-corrected chi connectivity index (χ2v) is 5.94. The second-order valence-electron chi connectivity index (χ2n) is 4.23. The molecule has 0 radical (unpaired) electrons. The Balaban J connectivity index is 2.54. The normalized spacial score (nSPS) is 11.9. The largest absolute Gasteiger partial charge is 0.390 e. The first-order valence-electron chi connectivity index (χ1n) is 6.16. The second kappa shape index (κ2) is 7.59. The van der Waals surface area contributed by atoms with E-state index in [1.165, 1.54) is 0 Å². The van der Waals surface area contributed by atoms with Crippen LogP contribution in [0, 0.1) is 6.92 Å². The van der Waals surface area contributed by atoms with Crippen LogP contribution in [0.1, 0.15) is 30.7 Å². The van der Waals surface area contributed by atoms with E-state index >= 15 is 0 Å². The summed E-state index contributed by atoms with van der Waals surface area (Å²) in [6.45, 7) is 2.25. The summed E-state index contributed by atoms with van der Waals surface area (Å²) in [5, 5.41) is 15.4. The summed E-state index contributed by atoms with van der Waals surface area (Å²) >= 11 is 0. The molecule has 0 fully saturated rings. The minimum atomic E-state index is -3.62. The Kier molecular flexibility index (Phi) is 6.43. The highest BCUT2D eigenvalue weighted by Crippen LogP contribution is 2.17. The van der Waals surface area contributed by atoms with E-state index in [-0.39, 0.29) is 10.6 Å². The molecular formula is C11H21N3O4S. The molecule has 0 atom stereocenters. The van der Waals surface area contributed by atoms with Crippen molar-refractivity contribution < 1.29 is 18.3 Å². The molecular weight excluding hydrogens is 270 g/mol. The molecule has 0 aliphatic rings. The molecule has 110 valence electrons. The third-order valence-corrected chi connectivity index (χ3v) is 4.36. The number of nitrogens with one attached hydrogen (secondary N) is 2. The molecule has 1 heterocycles. The Morgan fingerprint density at radius 2 is 2.11 bits per heavy atom. The highest BCUT2D eigenvalue weighted by molar-refractivity contribution is 7.89. The van der Waals surface area contributed by atoms with Gasteiger partial charge in [-0.1, -0.05) is 0 Å². The van der Waals surface area contributed by atoms with E-state index in [1.807, 2.05) is 0 Å². The highest BCUT2D eigenvalue weighted by Gasteiger charge is 2.23. The van der Waals surface area contributed by atoms with E-state index in [4.69, 9.17) is 9.84 Å². The van der Waals surface area contributed by atoms with E-state index in [0.29, 0.717) is 18.8 Å². The van der Waals surface area contributed by atoms with Crippen molar-refractivity contribution in [2.24, 2.45) is 0 Å². The van der Waals surface area contributed by atoms with Crippen LogP contribution in [0.2, 0.25) is 0 Å². The van der Waals surface area contributed by atoms with Crippen LogP contribution in [0.3, 0.4) is 0 Å². The number of hydrogen-bond acceptors (Lipinski definition) is 5. The number of aromatic amines is 1. The van der Waals surface area contributed by atoms with Crippen molar-refractivity contribution in [3.8, 4) is 0 Å². The monoisotopic (exact) mass is 291 g/mol. The van der Waals surface area contributed by atoms with E-state index in [1.54, 1.807) is 14.0 Å². The lowest BCUT2D eigenvalue weighted by atomic mass is 10.2. The van der Waals surface area contributed by atoms with Crippen molar-refractivity contribution in [1.29, 1.82) is 0 Å². The SMILES string of the molecule is COCCCCCNS(=O)(=O)c1c(CO)n[nH]c1C. The molecule has 3 N–H and O–H groups in total. The zero-order chi connectivity index (χ0) is 14.3. The first-order valence-corrected chi connectivity index (χ1v) is 7.64. The molecule has 0 bridgehead atoms. The predicted molar refractivity (Wildman–Crippen MR) is 70.2 cm³/mol. The van der Waals surface area contributed by atoms with Crippen LogP contribution >= 0.6 is 0 Å². The molecule has 8 heteroatoms. The highest BCUT2D eigenvalue weighted by atomic mass is 32.2. The summed E-state index contributed by atoms with van der Waals surface area (Å²) in [5.41, 5.74) is 0.570. The zero-order valence-electron chi connectivity index (χ0n) is 11.3. The Hall–Kier alpha value is -0.960. The van der Waals surface area contributed by atoms with Crippen LogP contribution in [-0.4, -0.2) is 44.0 Å². The molecule has 0 saturated carbocycles. The van der Waals surface area contributed by atoms with E-state index < -0.39 is 16.6 Å². The van der Waals surface area contributed by atoms with Crippen molar-refractivity contribution in [2.75, 3.05) is 20.3 Å². The summed E-state index contributed by atoms with van der Waals surface area (Å²) in [7, 11) is -1.98. The molecule has 0 saturated heterocycles. The molecule has 1 rings (SSSR count). The molecule has 1 aromatic rings. The molecule has 0 aromatic carbocycles.